The molecule has 0 aliphatic rings. The molecule has 0 aromatic heterocycles. The number of hydrogen-bond acceptors (Lipinski definition) is 11. The number of carboxylic acid groups (broad SMARTS) is 1. The molecule has 55 heavy (non-hydrogen) atoms. The lowest BCUT2D eigenvalue weighted by molar-refractivity contribution is -0.150. The van der Waals surface area contributed by atoms with Crippen LogP contribution in [0.25, 0.3) is 0 Å². The van der Waals surface area contributed by atoms with Crippen molar-refractivity contribution in [1.29, 1.82) is 0 Å². The minimum atomic E-state index is -1.07. The van der Waals surface area contributed by atoms with Crippen molar-refractivity contribution in [1.82, 2.24) is 21.3 Å². The van der Waals surface area contributed by atoms with Gasteiger partial charge in [-0.3, -0.25) is 24.0 Å². The highest BCUT2D eigenvalue weighted by Gasteiger charge is 2.40. The van der Waals surface area contributed by atoms with Gasteiger partial charge in [0.2, 0.25) is 5.91 Å². The van der Waals surface area contributed by atoms with Crippen LogP contribution in [-0.2, 0) is 33.4 Å². The predicted molar refractivity (Wildman–Crippen MR) is 220 cm³/mol. The molecule has 2 unspecified atom stereocenters. The highest BCUT2D eigenvalue weighted by Crippen LogP contribution is 2.34. The number of carboxylic acids is 1. The van der Waals surface area contributed by atoms with Gasteiger partial charge in [0, 0.05) is 41.9 Å². The molecule has 0 radical (unpaired) electrons. The number of rotatable bonds is 30. The Kier molecular flexibility index (Phi) is 22.2. The minimum absolute atomic E-state index is 0.000716. The third-order valence-electron chi connectivity index (χ3n) is 10.5. The summed E-state index contributed by atoms with van der Waals surface area (Å²) in [6.07, 6.45) is 4.35. The summed E-state index contributed by atoms with van der Waals surface area (Å²) in [7, 11) is 0. The molecule has 7 N–H and O–H groups in total. The monoisotopic (exact) mass is 784 g/mol. The summed E-state index contributed by atoms with van der Waals surface area (Å²) in [5.41, 5.74) is 1.85. The molecule has 0 aliphatic carbocycles. The first-order chi connectivity index (χ1) is 25.1. The van der Waals surface area contributed by atoms with Gasteiger partial charge in [-0.05, 0) is 93.5 Å². The fraction of sp³-hybridized carbons (Fsp3) is 0.881. The van der Waals surface area contributed by atoms with E-state index in [-0.39, 0.29) is 67.4 Å². The molecule has 4 atom stereocenters. The van der Waals surface area contributed by atoms with Crippen molar-refractivity contribution >= 4 is 29.2 Å². The van der Waals surface area contributed by atoms with Crippen LogP contribution in [0.15, 0.2) is 0 Å². The fourth-order valence-electron chi connectivity index (χ4n) is 6.41. The van der Waals surface area contributed by atoms with E-state index in [2.05, 4.69) is 42.0 Å². The first kappa shape index (κ1) is 52.7. The van der Waals surface area contributed by atoms with Crippen molar-refractivity contribution in [2.24, 2.45) is 22.0 Å². The smallest absolute Gasteiger partial charge is 0.309 e. The van der Waals surface area contributed by atoms with Crippen LogP contribution in [0.5, 0.6) is 0 Å². The maximum absolute atomic E-state index is 13.3. The van der Waals surface area contributed by atoms with Crippen LogP contribution in [0.3, 0.4) is 0 Å². The predicted octanol–water partition coefficient (Wildman–Crippen LogP) is 4.97. The average Bonchev–Trinajstić information content (AvgIpc) is 3.07. The van der Waals surface area contributed by atoms with E-state index in [1.807, 2.05) is 48.5 Å². The van der Waals surface area contributed by atoms with Gasteiger partial charge in [-0.25, -0.2) is 0 Å². The number of carbonyl (C=O) groups excluding carboxylic acids is 4. The second kappa shape index (κ2) is 23.2. The van der Waals surface area contributed by atoms with Crippen LogP contribution in [0.4, 0.5) is 0 Å². The van der Waals surface area contributed by atoms with E-state index in [4.69, 9.17) is 15.2 Å². The van der Waals surface area contributed by atoms with Gasteiger partial charge in [0.25, 0.3) is 0 Å². The molecule has 0 bridgehead atoms. The van der Waals surface area contributed by atoms with Crippen molar-refractivity contribution < 1.29 is 38.6 Å². The summed E-state index contributed by atoms with van der Waals surface area (Å²) in [6, 6.07) is -0.630. The quantitative estimate of drug-likeness (QED) is 0.0536. The van der Waals surface area contributed by atoms with Crippen molar-refractivity contribution in [2.75, 3.05) is 46.1 Å². The van der Waals surface area contributed by atoms with E-state index in [9.17, 15) is 29.1 Å². The molecule has 0 fully saturated rings. The highest BCUT2D eigenvalue weighted by molar-refractivity contribution is 5.90. The first-order valence-corrected chi connectivity index (χ1v) is 20.4. The Morgan fingerprint density at radius 3 is 1.75 bits per heavy atom. The Bertz CT molecular complexity index is 1230. The molecule has 0 saturated heterocycles. The van der Waals surface area contributed by atoms with Crippen LogP contribution in [-0.4, -0.2) is 109 Å². The molecule has 0 aliphatic heterocycles. The summed E-state index contributed by atoms with van der Waals surface area (Å²) in [6.45, 7) is 28.5. The number of nitrogens with two attached hydrogens (primary N) is 1. The third kappa shape index (κ3) is 19.6. The van der Waals surface area contributed by atoms with Crippen molar-refractivity contribution in [3.05, 3.63) is 0 Å². The Morgan fingerprint density at radius 2 is 1.24 bits per heavy atom. The molecule has 322 valence electrons. The SMILES string of the molecule is CCC(C)(NCCOCCOCC(=O)C(C)(CC)NCCCC[C@H](NC(C)(C)C)C(=O)C(C)(C)C)C(=O)CC[C@H](CN)NC(=O)C(C)(C)CC(C)(C)C(=O)O. The average molecular weight is 784 g/mol. The van der Waals surface area contributed by atoms with Gasteiger partial charge in [0.1, 0.15) is 6.61 Å². The van der Waals surface area contributed by atoms with Gasteiger partial charge in [-0.2, -0.15) is 0 Å². The molecular formula is C42H81N5O8. The molecule has 13 heteroatoms. The summed E-state index contributed by atoms with van der Waals surface area (Å²) < 4.78 is 11.4. The van der Waals surface area contributed by atoms with Crippen LogP contribution in [0, 0.1) is 16.2 Å². The van der Waals surface area contributed by atoms with Gasteiger partial charge in [-0.15, -0.1) is 0 Å². The Hall–Kier alpha value is -2.29. The van der Waals surface area contributed by atoms with E-state index < -0.39 is 39.3 Å². The van der Waals surface area contributed by atoms with Gasteiger partial charge >= 0.3 is 5.97 Å². The second-order valence-electron chi connectivity index (χ2n) is 19.0. The topological polar surface area (TPSA) is 198 Å². The van der Waals surface area contributed by atoms with Gasteiger partial charge in [-0.1, -0.05) is 54.9 Å². The normalized spacial score (nSPS) is 16.1. The van der Waals surface area contributed by atoms with E-state index in [0.717, 1.165) is 19.3 Å². The molecule has 0 aromatic rings. The van der Waals surface area contributed by atoms with Crippen LogP contribution in [0.2, 0.25) is 0 Å². The van der Waals surface area contributed by atoms with Crippen molar-refractivity contribution in [3.63, 3.8) is 0 Å². The molecule has 0 heterocycles. The lowest BCUT2D eigenvalue weighted by atomic mass is 9.74. The minimum Gasteiger partial charge on any atom is -0.481 e. The number of nitrogens with one attached hydrogen (secondary N) is 4. The number of aliphatic carboxylic acids is 1. The number of unbranched alkanes of at least 4 members (excludes halogenated alkanes) is 1. The van der Waals surface area contributed by atoms with Gasteiger partial charge in [0.15, 0.2) is 17.3 Å². The lowest BCUT2D eigenvalue weighted by Gasteiger charge is -2.33. The maximum atomic E-state index is 13.3. The Balaban J connectivity index is 4.65. The van der Waals surface area contributed by atoms with Crippen LogP contribution >= 0.6 is 0 Å². The van der Waals surface area contributed by atoms with E-state index in [1.54, 1.807) is 27.7 Å². The zero-order chi connectivity index (χ0) is 42.9. The zero-order valence-electron chi connectivity index (χ0n) is 37.1. The van der Waals surface area contributed by atoms with Crippen molar-refractivity contribution in [2.45, 2.75) is 177 Å². The fourth-order valence-corrected chi connectivity index (χ4v) is 6.41. The molecule has 0 spiro atoms. The zero-order valence-corrected chi connectivity index (χ0v) is 37.1. The molecule has 1 amide bonds. The van der Waals surface area contributed by atoms with Gasteiger partial charge in [0.05, 0.1) is 42.4 Å². The summed E-state index contributed by atoms with van der Waals surface area (Å²) in [4.78, 5) is 64.0. The number of ether oxygens (including phenoxy) is 2. The largest absolute Gasteiger partial charge is 0.481 e. The Morgan fingerprint density at radius 1 is 0.691 bits per heavy atom. The number of carbonyl (C=O) groups is 5. The second-order valence-corrected chi connectivity index (χ2v) is 19.0. The number of Topliss-reactive ketones (excluding diaryl/α,β-unsaturated/α-hetero) is 3. The first-order valence-electron chi connectivity index (χ1n) is 20.4. The van der Waals surface area contributed by atoms with E-state index in [1.165, 1.54) is 0 Å². The van der Waals surface area contributed by atoms with Crippen molar-refractivity contribution in [3.8, 4) is 0 Å². The Labute approximate surface area is 333 Å². The molecule has 0 aromatic carbocycles. The third-order valence-corrected chi connectivity index (χ3v) is 10.5. The standard InChI is InChI=1S/C42H81N5O8/c1-15-41(13,32(48)21-20-30(27-43)46-35(51)39(9,10)29-40(11,12)36(52)53)45-23-24-54-25-26-55-28-33(49)42(14,16-2)44-22-18-17-19-31(47-38(6,7)8)34(50)37(3,4)5/h30-31,44-45,47H,15-29,43H2,1-14H3,(H,46,51)(H,52,53)/t30-,31+,41?,42?/m1/s1. The summed E-state index contributed by atoms with van der Waals surface area (Å²) >= 11 is 0. The van der Waals surface area contributed by atoms with Gasteiger partial charge < -0.3 is 41.6 Å². The van der Waals surface area contributed by atoms with Crippen LogP contribution < -0.4 is 27.0 Å². The van der Waals surface area contributed by atoms with E-state index >= 15 is 0 Å². The molecule has 13 nitrogen and oxygen atoms in total. The number of hydrogen-bond donors (Lipinski definition) is 6. The number of ketones is 3. The summed E-state index contributed by atoms with van der Waals surface area (Å²) in [5, 5.41) is 22.6. The molecule has 0 rings (SSSR count). The maximum Gasteiger partial charge on any atom is 0.309 e. The van der Waals surface area contributed by atoms with Crippen LogP contribution in [0.1, 0.15) is 148 Å². The molecule has 0 saturated carbocycles. The molecular weight excluding hydrogens is 702 g/mol. The highest BCUT2D eigenvalue weighted by atomic mass is 16.5. The lowest BCUT2D eigenvalue weighted by Crippen LogP contribution is -2.51. The number of amides is 1. The van der Waals surface area contributed by atoms with E-state index in [0.29, 0.717) is 45.6 Å². The summed E-state index contributed by atoms with van der Waals surface area (Å²) in [5.74, 6) is -1.07.